The highest BCUT2D eigenvalue weighted by molar-refractivity contribution is 9.10. The molecule has 0 saturated heterocycles. The van der Waals surface area contributed by atoms with Gasteiger partial charge in [-0.25, -0.2) is 4.79 Å². The van der Waals surface area contributed by atoms with Crippen LogP contribution in [0.25, 0.3) is 0 Å². The summed E-state index contributed by atoms with van der Waals surface area (Å²) in [6.07, 6.45) is 6.23. The molecule has 6 heteroatoms. The summed E-state index contributed by atoms with van der Waals surface area (Å²) in [6, 6.07) is 15.6. The zero-order chi connectivity index (χ0) is 24.5. The van der Waals surface area contributed by atoms with Crippen molar-refractivity contribution in [3.8, 4) is 0 Å². The van der Waals surface area contributed by atoms with E-state index in [4.69, 9.17) is 16.3 Å². The molecule has 182 valence electrons. The third-order valence-corrected chi connectivity index (χ3v) is 8.14. The molecule has 1 heterocycles. The van der Waals surface area contributed by atoms with Gasteiger partial charge in [0.1, 0.15) is 6.10 Å². The molecular weight excluding hydrogens is 526 g/mol. The van der Waals surface area contributed by atoms with Crippen molar-refractivity contribution >= 4 is 39.3 Å². The molecule has 0 radical (unpaired) electrons. The molecule has 35 heavy (non-hydrogen) atoms. The molecule has 1 fully saturated rings. The smallest absolute Gasteiger partial charge is 0.337 e. The van der Waals surface area contributed by atoms with Gasteiger partial charge < -0.3 is 10.1 Å². The molecule has 2 aliphatic carbocycles. The number of rotatable bonds is 4. The third-order valence-electron chi connectivity index (χ3n) is 7.40. The van der Waals surface area contributed by atoms with Gasteiger partial charge in [0.05, 0.1) is 5.57 Å². The second-order valence-corrected chi connectivity index (χ2v) is 11.1. The van der Waals surface area contributed by atoms with E-state index in [0.717, 1.165) is 52.7 Å². The van der Waals surface area contributed by atoms with Gasteiger partial charge in [0.25, 0.3) is 0 Å². The minimum Gasteiger partial charge on any atom is -0.459 e. The molecule has 0 unspecified atom stereocenters. The summed E-state index contributed by atoms with van der Waals surface area (Å²) in [5.41, 5.74) is 4.91. The first-order valence-electron chi connectivity index (χ1n) is 12.4. The lowest BCUT2D eigenvalue weighted by atomic mass is 9.71. The second-order valence-electron chi connectivity index (χ2n) is 9.79. The number of Topliss-reactive ketones (excluding diaryl/α,β-unsaturated/α-hetero) is 1. The summed E-state index contributed by atoms with van der Waals surface area (Å²) in [4.78, 5) is 27.3. The Bertz CT molecular complexity index is 1210. The fraction of sp³-hybridized carbons (Fsp3) is 0.379. The van der Waals surface area contributed by atoms with Crippen LogP contribution in [0.1, 0.15) is 74.8 Å². The number of dihydropyridines is 1. The van der Waals surface area contributed by atoms with Crippen LogP contribution in [-0.4, -0.2) is 17.9 Å². The lowest BCUT2D eigenvalue weighted by molar-refractivity contribution is -0.146. The number of benzene rings is 2. The maximum atomic E-state index is 13.7. The highest BCUT2D eigenvalue weighted by Crippen LogP contribution is 2.46. The van der Waals surface area contributed by atoms with Gasteiger partial charge in [-0.15, -0.1) is 0 Å². The van der Waals surface area contributed by atoms with Crippen molar-refractivity contribution < 1.29 is 14.3 Å². The fourth-order valence-electron chi connectivity index (χ4n) is 5.70. The van der Waals surface area contributed by atoms with E-state index in [1.807, 2.05) is 55.5 Å². The Morgan fingerprint density at radius 1 is 1.03 bits per heavy atom. The van der Waals surface area contributed by atoms with Gasteiger partial charge in [0.2, 0.25) is 0 Å². The number of ketones is 1. The molecule has 0 bridgehead atoms. The van der Waals surface area contributed by atoms with Crippen LogP contribution < -0.4 is 5.32 Å². The number of ether oxygens (including phenoxy) is 1. The Balaban J connectivity index is 1.52. The average Bonchev–Trinajstić information content (AvgIpc) is 2.84. The summed E-state index contributed by atoms with van der Waals surface area (Å²) in [6.45, 7) is 1.92. The van der Waals surface area contributed by atoms with Crippen molar-refractivity contribution in [2.75, 3.05) is 0 Å². The molecule has 3 aliphatic rings. The number of esters is 1. The molecule has 0 aromatic heterocycles. The van der Waals surface area contributed by atoms with Gasteiger partial charge in [0.15, 0.2) is 5.78 Å². The number of carbonyl (C=O) groups excluding carboxylic acids is 2. The Morgan fingerprint density at radius 2 is 1.77 bits per heavy atom. The standard InChI is InChI=1S/C29H29BrClNO3/c1-17-26(29(34)35-23-8-3-2-4-9-23)27(19-6-5-7-21(30)14-19)28-24(32-17)15-20(16-25(28)33)18-10-12-22(31)13-11-18/h5-7,10-14,20,23,27,32H,2-4,8-9,15-16H2,1H3/t20-,27-/m1/s1. The van der Waals surface area contributed by atoms with Crippen LogP contribution in [0.15, 0.2) is 75.5 Å². The van der Waals surface area contributed by atoms with E-state index >= 15 is 0 Å². The average molecular weight is 555 g/mol. The van der Waals surface area contributed by atoms with E-state index in [1.54, 1.807) is 0 Å². The molecule has 1 N–H and O–H groups in total. The molecule has 2 aromatic rings. The fourth-order valence-corrected chi connectivity index (χ4v) is 6.24. The molecule has 0 spiro atoms. The number of carbonyl (C=O) groups is 2. The SMILES string of the molecule is CC1=C(C(=O)OC2CCCCC2)[C@@H](c2cccc(Br)c2)C2=C(C[C@@H](c3ccc(Cl)cc3)CC2=O)N1. The third kappa shape index (κ3) is 5.12. The Labute approximate surface area is 219 Å². The maximum Gasteiger partial charge on any atom is 0.337 e. The van der Waals surface area contributed by atoms with Crippen LogP contribution in [0.5, 0.6) is 0 Å². The second kappa shape index (κ2) is 10.3. The molecule has 1 saturated carbocycles. The predicted octanol–water partition coefficient (Wildman–Crippen LogP) is 7.34. The van der Waals surface area contributed by atoms with Crippen LogP contribution in [0.3, 0.4) is 0 Å². The number of nitrogens with one attached hydrogen (secondary N) is 1. The van der Waals surface area contributed by atoms with Gasteiger partial charge >= 0.3 is 5.97 Å². The number of allylic oxidation sites excluding steroid dienone is 3. The van der Waals surface area contributed by atoms with E-state index in [-0.39, 0.29) is 23.8 Å². The number of halogens is 2. The van der Waals surface area contributed by atoms with Crippen molar-refractivity contribution in [2.24, 2.45) is 0 Å². The van der Waals surface area contributed by atoms with E-state index in [9.17, 15) is 9.59 Å². The quantitative estimate of drug-likeness (QED) is 0.402. The molecule has 1 aliphatic heterocycles. The molecule has 4 nitrogen and oxygen atoms in total. The van der Waals surface area contributed by atoms with E-state index in [2.05, 4.69) is 21.2 Å². The molecule has 2 aromatic carbocycles. The minimum atomic E-state index is -0.446. The van der Waals surface area contributed by atoms with Crippen LogP contribution in [0, 0.1) is 0 Å². The molecule has 5 rings (SSSR count). The van der Waals surface area contributed by atoms with Gasteiger partial charge in [-0.1, -0.05) is 58.2 Å². The highest BCUT2D eigenvalue weighted by Gasteiger charge is 2.42. The van der Waals surface area contributed by atoms with Crippen molar-refractivity contribution in [2.45, 2.75) is 69.8 Å². The van der Waals surface area contributed by atoms with E-state index in [0.29, 0.717) is 29.0 Å². The predicted molar refractivity (Wildman–Crippen MR) is 141 cm³/mol. The summed E-state index contributed by atoms with van der Waals surface area (Å²) < 4.78 is 6.92. The van der Waals surface area contributed by atoms with E-state index < -0.39 is 5.92 Å². The van der Waals surface area contributed by atoms with Crippen LogP contribution >= 0.6 is 27.5 Å². The van der Waals surface area contributed by atoms with Crippen LogP contribution in [0.2, 0.25) is 5.02 Å². The zero-order valence-corrected chi connectivity index (χ0v) is 22.1. The molecule has 0 amide bonds. The monoisotopic (exact) mass is 553 g/mol. The van der Waals surface area contributed by atoms with Crippen molar-refractivity contribution in [1.82, 2.24) is 5.32 Å². The Kier molecular flexibility index (Phi) is 7.17. The normalized spacial score (nSPS) is 23.1. The first-order valence-corrected chi connectivity index (χ1v) is 13.5. The molecule has 2 atom stereocenters. The minimum absolute atomic E-state index is 0.0496. The number of hydrogen-bond acceptors (Lipinski definition) is 4. The largest absolute Gasteiger partial charge is 0.459 e. The maximum absolute atomic E-state index is 13.7. The zero-order valence-electron chi connectivity index (χ0n) is 19.8. The van der Waals surface area contributed by atoms with Gasteiger partial charge in [-0.05, 0) is 80.3 Å². The number of hydrogen-bond donors (Lipinski definition) is 1. The van der Waals surface area contributed by atoms with Crippen molar-refractivity contribution in [1.29, 1.82) is 0 Å². The first kappa shape index (κ1) is 24.3. The van der Waals surface area contributed by atoms with Crippen LogP contribution in [-0.2, 0) is 14.3 Å². The Morgan fingerprint density at radius 3 is 2.49 bits per heavy atom. The first-order chi connectivity index (χ1) is 16.9. The summed E-state index contributed by atoms with van der Waals surface area (Å²) in [7, 11) is 0. The van der Waals surface area contributed by atoms with Crippen molar-refractivity contribution in [3.05, 3.63) is 91.7 Å². The Hall–Kier alpha value is -2.37. The van der Waals surface area contributed by atoms with Gasteiger partial charge in [0, 0.05) is 38.8 Å². The van der Waals surface area contributed by atoms with Gasteiger partial charge in [-0.3, -0.25) is 4.79 Å². The van der Waals surface area contributed by atoms with E-state index in [1.165, 1.54) is 6.42 Å². The summed E-state index contributed by atoms with van der Waals surface area (Å²) >= 11 is 9.65. The highest BCUT2D eigenvalue weighted by atomic mass is 79.9. The topological polar surface area (TPSA) is 55.4 Å². The lowest BCUT2D eigenvalue weighted by Crippen LogP contribution is -2.37. The van der Waals surface area contributed by atoms with Gasteiger partial charge in [-0.2, -0.15) is 0 Å². The summed E-state index contributed by atoms with van der Waals surface area (Å²) in [5, 5.41) is 4.12. The van der Waals surface area contributed by atoms with Crippen molar-refractivity contribution in [3.63, 3.8) is 0 Å². The van der Waals surface area contributed by atoms with Crippen LogP contribution in [0.4, 0.5) is 0 Å². The molecular formula is C29H29BrClNO3. The lowest BCUT2D eigenvalue weighted by Gasteiger charge is -2.37. The summed E-state index contributed by atoms with van der Waals surface area (Å²) in [5.74, 6) is -0.624.